The first-order chi connectivity index (χ1) is 9.70. The van der Waals surface area contributed by atoms with Gasteiger partial charge in [0.15, 0.2) is 5.78 Å². The molecule has 126 valence electrons. The molecule has 0 saturated carbocycles. The number of ketones is 1. The second kappa shape index (κ2) is 9.49. The molecule has 0 saturated heterocycles. The average Bonchev–Trinajstić information content (AvgIpc) is 2.26. The normalized spacial score (nSPS) is 10.6. The Morgan fingerprint density at radius 2 is 1.50 bits per heavy atom. The van der Waals surface area contributed by atoms with Crippen molar-refractivity contribution in [3.05, 3.63) is 23.9 Å². The van der Waals surface area contributed by atoms with Gasteiger partial charge in [0.2, 0.25) is 0 Å². The van der Waals surface area contributed by atoms with Crippen LogP contribution in [0.1, 0.15) is 45.0 Å². The molecule has 0 aliphatic carbocycles. The summed E-state index contributed by atoms with van der Waals surface area (Å²) >= 11 is 0. The predicted molar refractivity (Wildman–Crippen MR) is 83.7 cm³/mol. The van der Waals surface area contributed by atoms with Crippen LogP contribution < -0.4 is 5.73 Å². The molecule has 7 N–H and O–H groups in total. The van der Waals surface area contributed by atoms with Crippen molar-refractivity contribution in [2.75, 3.05) is 5.73 Å². The van der Waals surface area contributed by atoms with Crippen molar-refractivity contribution in [1.29, 1.82) is 0 Å². The number of nitrogens with two attached hydrogens (primary N) is 1. The maximum absolute atomic E-state index is 10.7. The van der Waals surface area contributed by atoms with Gasteiger partial charge in [-0.3, -0.25) is 4.79 Å². The van der Waals surface area contributed by atoms with E-state index >= 15 is 0 Å². The predicted octanol–water partition coefficient (Wildman–Crippen LogP) is -0.657. The number of rotatable bonds is 2. The molecule has 1 aromatic heterocycles. The van der Waals surface area contributed by atoms with Crippen molar-refractivity contribution in [3.8, 4) is 0 Å². The fraction of sp³-hybridized carbons (Fsp3) is 0.538. The second-order valence-corrected chi connectivity index (χ2v) is 5.46. The summed E-state index contributed by atoms with van der Waals surface area (Å²) in [6.07, 6.45) is 1.56. The lowest BCUT2D eigenvalue weighted by Gasteiger charge is -2.31. The number of aromatic nitrogens is 1. The summed E-state index contributed by atoms with van der Waals surface area (Å²) in [6, 6.07) is 3.34. The Bertz CT molecular complexity index is 440. The number of anilines is 1. The van der Waals surface area contributed by atoms with Gasteiger partial charge in [-0.05, 0) is 46.8 Å². The van der Waals surface area contributed by atoms with E-state index in [2.05, 4.69) is 4.98 Å². The highest BCUT2D eigenvalue weighted by Gasteiger charge is 2.31. The number of aliphatic hydroxyl groups is 2. The molecule has 0 aromatic carbocycles. The summed E-state index contributed by atoms with van der Waals surface area (Å²) in [5.74, 6) is 0.251. The number of carbonyl (C=O) groups is 1. The smallest absolute Gasteiger partial charge is 0.402 e. The maximum Gasteiger partial charge on any atom is 0.631 e. The lowest BCUT2D eigenvalue weighted by atomic mass is 9.90. The van der Waals surface area contributed by atoms with E-state index < -0.39 is 18.5 Å². The lowest BCUT2D eigenvalue weighted by Crippen LogP contribution is -2.44. The van der Waals surface area contributed by atoms with Gasteiger partial charge < -0.3 is 31.0 Å². The van der Waals surface area contributed by atoms with Crippen LogP contribution in [0.25, 0.3) is 0 Å². The topological polar surface area (TPSA) is 157 Å². The third-order valence-electron chi connectivity index (χ3n) is 2.72. The molecule has 0 fully saturated rings. The van der Waals surface area contributed by atoms with Crippen LogP contribution in [0.5, 0.6) is 0 Å². The zero-order chi connectivity index (χ0) is 18.1. The zero-order valence-electron chi connectivity index (χ0n) is 13.5. The highest BCUT2D eigenvalue weighted by Crippen LogP contribution is 2.19. The monoisotopic (exact) mass is 316 g/mol. The van der Waals surface area contributed by atoms with E-state index in [1.54, 1.807) is 46.0 Å². The van der Waals surface area contributed by atoms with Gasteiger partial charge in [-0.25, -0.2) is 4.98 Å². The number of nitrogens with zero attached hydrogens (tertiary/aromatic N) is 1. The SMILES string of the molecule is CC(=O)c1cccnc1N.CC(C)(O)C(C)(C)O.OB(O)O. The third kappa shape index (κ3) is 11.2. The lowest BCUT2D eigenvalue weighted by molar-refractivity contribution is -0.107. The average molecular weight is 316 g/mol. The van der Waals surface area contributed by atoms with E-state index in [4.69, 9.17) is 31.0 Å². The molecule has 1 aromatic rings. The van der Waals surface area contributed by atoms with Gasteiger partial charge in [0.05, 0.1) is 16.8 Å². The minimum Gasteiger partial charge on any atom is -0.402 e. The molecule has 22 heavy (non-hydrogen) atoms. The summed E-state index contributed by atoms with van der Waals surface area (Å²) < 4.78 is 0. The van der Waals surface area contributed by atoms with Crippen LogP contribution >= 0.6 is 0 Å². The van der Waals surface area contributed by atoms with E-state index in [1.165, 1.54) is 6.92 Å². The van der Waals surface area contributed by atoms with Crippen LogP contribution in [0.2, 0.25) is 0 Å². The minimum absolute atomic E-state index is 0.0504. The molecule has 0 amide bonds. The Balaban J connectivity index is 0. The van der Waals surface area contributed by atoms with Gasteiger partial charge in [-0.15, -0.1) is 0 Å². The Hall–Kier alpha value is -1.52. The first-order valence-electron chi connectivity index (χ1n) is 6.40. The molecule has 0 aliphatic rings. The maximum atomic E-state index is 10.7. The number of carbonyl (C=O) groups excluding carboxylic acids is 1. The van der Waals surface area contributed by atoms with E-state index in [-0.39, 0.29) is 5.78 Å². The quantitative estimate of drug-likeness (QED) is 0.310. The first-order valence-corrected chi connectivity index (χ1v) is 6.40. The van der Waals surface area contributed by atoms with Gasteiger partial charge in [-0.1, -0.05) is 0 Å². The molecule has 0 spiro atoms. The van der Waals surface area contributed by atoms with Crippen LogP contribution in [-0.2, 0) is 0 Å². The molecule has 0 aliphatic heterocycles. The zero-order valence-corrected chi connectivity index (χ0v) is 13.5. The molecule has 0 radical (unpaired) electrons. The Labute approximate surface area is 130 Å². The molecule has 1 heterocycles. The molecule has 0 unspecified atom stereocenters. The first kappa shape index (κ1) is 22.8. The standard InChI is InChI=1S/C7H8N2O.C6H14O2.BH3O3/c1-5(10)6-3-2-4-9-7(6)8;1-5(2,7)6(3,4)8;2-1(3)4/h2-4H,1H3,(H2,8,9);7-8H,1-4H3;2-4H. The second-order valence-electron chi connectivity index (χ2n) is 5.46. The van der Waals surface area contributed by atoms with Gasteiger partial charge >= 0.3 is 7.32 Å². The van der Waals surface area contributed by atoms with Gasteiger partial charge in [0.25, 0.3) is 0 Å². The minimum atomic E-state index is -2.17. The van der Waals surface area contributed by atoms with Crippen LogP contribution in [0.4, 0.5) is 5.82 Å². The largest absolute Gasteiger partial charge is 0.631 e. The van der Waals surface area contributed by atoms with Gasteiger partial charge in [0.1, 0.15) is 5.82 Å². The molecular formula is C13H25BN2O6. The van der Waals surface area contributed by atoms with Crippen LogP contribution in [0.3, 0.4) is 0 Å². The van der Waals surface area contributed by atoms with Crippen molar-refractivity contribution >= 4 is 18.9 Å². The number of hydrogen-bond donors (Lipinski definition) is 6. The number of pyridine rings is 1. The fourth-order valence-electron chi connectivity index (χ4n) is 0.715. The van der Waals surface area contributed by atoms with Crippen LogP contribution in [0.15, 0.2) is 18.3 Å². The highest BCUT2D eigenvalue weighted by molar-refractivity contribution is 6.30. The molecule has 1 rings (SSSR count). The number of Topliss-reactive ketones (excluding diaryl/α,β-unsaturated/α-hetero) is 1. The van der Waals surface area contributed by atoms with Crippen molar-refractivity contribution < 1.29 is 30.1 Å². The van der Waals surface area contributed by atoms with Crippen molar-refractivity contribution in [2.24, 2.45) is 0 Å². The number of hydrogen-bond acceptors (Lipinski definition) is 8. The van der Waals surface area contributed by atoms with E-state index in [0.29, 0.717) is 11.4 Å². The summed E-state index contributed by atoms with van der Waals surface area (Å²) in [5.41, 5.74) is 3.86. The van der Waals surface area contributed by atoms with Gasteiger partial charge in [0, 0.05) is 6.20 Å². The van der Waals surface area contributed by atoms with E-state index in [0.717, 1.165) is 0 Å². The van der Waals surface area contributed by atoms with E-state index in [9.17, 15) is 4.79 Å². The summed E-state index contributed by atoms with van der Waals surface area (Å²) in [6.45, 7) is 7.77. The Morgan fingerprint density at radius 3 is 1.68 bits per heavy atom. The molecule has 0 atom stereocenters. The van der Waals surface area contributed by atoms with Crippen molar-refractivity contribution in [2.45, 2.75) is 45.8 Å². The van der Waals surface area contributed by atoms with Crippen molar-refractivity contribution in [1.82, 2.24) is 4.98 Å². The third-order valence-corrected chi connectivity index (χ3v) is 2.72. The van der Waals surface area contributed by atoms with Crippen LogP contribution in [0, 0.1) is 0 Å². The number of nitrogen functional groups attached to an aromatic ring is 1. The summed E-state index contributed by atoms with van der Waals surface area (Å²) in [7, 11) is -2.17. The van der Waals surface area contributed by atoms with Gasteiger partial charge in [-0.2, -0.15) is 0 Å². The highest BCUT2D eigenvalue weighted by atomic mass is 16.5. The van der Waals surface area contributed by atoms with Crippen molar-refractivity contribution in [3.63, 3.8) is 0 Å². The summed E-state index contributed by atoms with van der Waals surface area (Å²) in [5, 5.41) is 39.7. The molecular weight excluding hydrogens is 291 g/mol. The van der Waals surface area contributed by atoms with Crippen LogP contribution in [-0.4, -0.2) is 54.6 Å². The molecule has 8 nitrogen and oxygen atoms in total. The Kier molecular flexibility index (Phi) is 9.82. The van der Waals surface area contributed by atoms with E-state index in [1.807, 2.05) is 0 Å². The Morgan fingerprint density at radius 1 is 1.14 bits per heavy atom. The fourth-order valence-corrected chi connectivity index (χ4v) is 0.715. The summed E-state index contributed by atoms with van der Waals surface area (Å²) in [4.78, 5) is 14.5. The molecule has 9 heteroatoms. The molecule has 0 bridgehead atoms.